The second kappa shape index (κ2) is 5.70. The quantitative estimate of drug-likeness (QED) is 0.847. The second-order valence-corrected chi connectivity index (χ2v) is 4.90. The number of amides is 2. The molecular formula is C11H14F3N5O2. The summed E-state index contributed by atoms with van der Waals surface area (Å²) in [5.74, 6) is -1.53. The number of aromatic nitrogens is 3. The molecule has 2 N–H and O–H groups in total. The first kappa shape index (κ1) is 15.3. The van der Waals surface area contributed by atoms with E-state index in [0.717, 1.165) is 22.2 Å². The maximum Gasteiger partial charge on any atom is 0.406 e. The summed E-state index contributed by atoms with van der Waals surface area (Å²) in [6.07, 6.45) is -1.49. The highest BCUT2D eigenvalue weighted by Crippen LogP contribution is 2.29. The SMILES string of the molecule is NC(=O)Cn1cc(C(=O)N(CC(F)(F)F)C2CCC2)nn1. The molecule has 0 bridgehead atoms. The molecule has 0 atom stereocenters. The number of primary amides is 1. The first-order valence-corrected chi connectivity index (χ1v) is 6.32. The third kappa shape index (κ3) is 3.92. The van der Waals surface area contributed by atoms with E-state index in [4.69, 9.17) is 5.73 Å². The molecule has 1 fully saturated rings. The Balaban J connectivity index is 2.13. The highest BCUT2D eigenvalue weighted by atomic mass is 19.4. The second-order valence-electron chi connectivity index (χ2n) is 4.90. The molecule has 0 saturated heterocycles. The minimum Gasteiger partial charge on any atom is -0.368 e. The monoisotopic (exact) mass is 305 g/mol. The summed E-state index contributed by atoms with van der Waals surface area (Å²) in [5.41, 5.74) is 4.73. The van der Waals surface area contributed by atoms with Gasteiger partial charge in [-0.2, -0.15) is 13.2 Å². The Kier molecular flexibility index (Phi) is 4.14. The number of carbonyl (C=O) groups excluding carboxylic acids is 2. The van der Waals surface area contributed by atoms with Crippen molar-refractivity contribution in [3.8, 4) is 0 Å². The van der Waals surface area contributed by atoms with Crippen molar-refractivity contribution in [1.82, 2.24) is 19.9 Å². The van der Waals surface area contributed by atoms with Gasteiger partial charge in [0.15, 0.2) is 5.69 Å². The number of nitrogens with zero attached hydrogens (tertiary/aromatic N) is 4. The number of carbonyl (C=O) groups is 2. The molecule has 0 radical (unpaired) electrons. The van der Waals surface area contributed by atoms with Crippen molar-refractivity contribution in [3.63, 3.8) is 0 Å². The standard InChI is InChI=1S/C11H14F3N5O2/c12-11(13,14)6-19(7-2-1-3-7)10(21)8-4-18(17-16-8)5-9(15)20/h4,7H,1-3,5-6H2,(H2,15,20). The molecule has 7 nitrogen and oxygen atoms in total. The Morgan fingerprint density at radius 3 is 2.57 bits per heavy atom. The minimum absolute atomic E-state index is 0.229. The number of nitrogens with two attached hydrogens (primary N) is 1. The predicted molar refractivity (Wildman–Crippen MR) is 63.9 cm³/mol. The van der Waals surface area contributed by atoms with E-state index in [9.17, 15) is 22.8 Å². The molecule has 1 saturated carbocycles. The number of hydrogen-bond acceptors (Lipinski definition) is 4. The van der Waals surface area contributed by atoms with Crippen LogP contribution in [0.25, 0.3) is 0 Å². The fourth-order valence-corrected chi connectivity index (χ4v) is 2.04. The van der Waals surface area contributed by atoms with E-state index < -0.39 is 30.6 Å². The number of rotatable bonds is 5. The van der Waals surface area contributed by atoms with Gasteiger partial charge in [-0.15, -0.1) is 5.10 Å². The minimum atomic E-state index is -4.48. The molecule has 1 aromatic heterocycles. The summed E-state index contributed by atoms with van der Waals surface area (Å²) >= 11 is 0. The van der Waals surface area contributed by atoms with Gasteiger partial charge in [0.1, 0.15) is 13.1 Å². The van der Waals surface area contributed by atoms with Gasteiger partial charge in [-0.05, 0) is 19.3 Å². The van der Waals surface area contributed by atoms with Gasteiger partial charge in [-0.25, -0.2) is 4.68 Å². The molecule has 1 aromatic rings. The fraction of sp³-hybridized carbons (Fsp3) is 0.636. The third-order valence-corrected chi connectivity index (χ3v) is 3.20. The van der Waals surface area contributed by atoms with E-state index in [1.54, 1.807) is 0 Å². The Bertz CT molecular complexity index is 538. The van der Waals surface area contributed by atoms with Crippen LogP contribution in [0, 0.1) is 0 Å². The van der Waals surface area contributed by atoms with E-state index in [1.807, 2.05) is 0 Å². The lowest BCUT2D eigenvalue weighted by atomic mass is 9.91. The molecule has 1 heterocycles. The molecule has 10 heteroatoms. The first-order valence-electron chi connectivity index (χ1n) is 6.32. The van der Waals surface area contributed by atoms with Gasteiger partial charge in [0.05, 0.1) is 6.20 Å². The third-order valence-electron chi connectivity index (χ3n) is 3.20. The summed E-state index contributed by atoms with van der Waals surface area (Å²) in [4.78, 5) is 23.6. The van der Waals surface area contributed by atoms with E-state index in [1.165, 1.54) is 0 Å². The van der Waals surface area contributed by atoms with Gasteiger partial charge in [0.2, 0.25) is 5.91 Å². The van der Waals surface area contributed by atoms with Crippen LogP contribution >= 0.6 is 0 Å². The lowest BCUT2D eigenvalue weighted by Crippen LogP contribution is -2.48. The Morgan fingerprint density at radius 1 is 1.43 bits per heavy atom. The zero-order valence-corrected chi connectivity index (χ0v) is 11.0. The van der Waals surface area contributed by atoms with Crippen molar-refractivity contribution in [2.45, 2.75) is 38.0 Å². The maximum absolute atomic E-state index is 12.6. The molecular weight excluding hydrogens is 291 g/mol. The summed E-state index contributed by atoms with van der Waals surface area (Å²) in [6, 6.07) is -0.430. The van der Waals surface area contributed by atoms with Crippen molar-refractivity contribution in [2.75, 3.05) is 6.54 Å². The van der Waals surface area contributed by atoms with E-state index in [0.29, 0.717) is 12.8 Å². The van der Waals surface area contributed by atoms with Crippen molar-refractivity contribution >= 4 is 11.8 Å². The molecule has 0 spiro atoms. The molecule has 116 valence electrons. The molecule has 0 aromatic carbocycles. The summed E-state index contributed by atoms with van der Waals surface area (Å²) < 4.78 is 38.8. The van der Waals surface area contributed by atoms with Gasteiger partial charge in [0.25, 0.3) is 5.91 Å². The lowest BCUT2D eigenvalue weighted by molar-refractivity contribution is -0.147. The van der Waals surface area contributed by atoms with Gasteiger partial charge < -0.3 is 10.6 Å². The van der Waals surface area contributed by atoms with Crippen molar-refractivity contribution < 1.29 is 22.8 Å². The summed E-state index contributed by atoms with van der Waals surface area (Å²) in [5, 5.41) is 7.00. The van der Waals surface area contributed by atoms with Gasteiger partial charge in [-0.3, -0.25) is 9.59 Å². The Hall–Kier alpha value is -2.13. The molecule has 0 unspecified atom stereocenters. The van der Waals surface area contributed by atoms with Crippen LogP contribution in [0.2, 0.25) is 0 Å². The van der Waals surface area contributed by atoms with Crippen LogP contribution in [0.5, 0.6) is 0 Å². The number of hydrogen-bond donors (Lipinski definition) is 1. The Morgan fingerprint density at radius 2 is 2.10 bits per heavy atom. The van der Waals surface area contributed by atoms with Crippen LogP contribution in [-0.2, 0) is 11.3 Å². The number of halogens is 3. The normalized spacial score (nSPS) is 15.6. The van der Waals surface area contributed by atoms with Gasteiger partial charge >= 0.3 is 6.18 Å². The van der Waals surface area contributed by atoms with Crippen LogP contribution in [-0.4, -0.2) is 50.5 Å². The molecule has 1 aliphatic rings. The molecule has 1 aliphatic carbocycles. The highest BCUT2D eigenvalue weighted by molar-refractivity contribution is 5.92. The maximum atomic E-state index is 12.6. The van der Waals surface area contributed by atoms with Crippen LogP contribution in [0.15, 0.2) is 6.20 Å². The van der Waals surface area contributed by atoms with E-state index in [2.05, 4.69) is 10.3 Å². The molecule has 21 heavy (non-hydrogen) atoms. The molecule has 0 aliphatic heterocycles. The Labute approximate surface area is 117 Å². The smallest absolute Gasteiger partial charge is 0.368 e. The van der Waals surface area contributed by atoms with Crippen LogP contribution < -0.4 is 5.73 Å². The topological polar surface area (TPSA) is 94.1 Å². The van der Waals surface area contributed by atoms with Gasteiger partial charge in [-0.1, -0.05) is 5.21 Å². The fourth-order valence-electron chi connectivity index (χ4n) is 2.04. The zero-order chi connectivity index (χ0) is 15.6. The van der Waals surface area contributed by atoms with Crippen LogP contribution in [0.4, 0.5) is 13.2 Å². The van der Waals surface area contributed by atoms with Crippen molar-refractivity contribution in [3.05, 3.63) is 11.9 Å². The predicted octanol–water partition coefficient (Wildman–Crippen LogP) is 0.320. The number of alkyl halides is 3. The average Bonchev–Trinajstić information content (AvgIpc) is 2.70. The molecule has 2 amide bonds. The molecule has 2 rings (SSSR count). The highest BCUT2D eigenvalue weighted by Gasteiger charge is 2.39. The van der Waals surface area contributed by atoms with Crippen LogP contribution in [0.3, 0.4) is 0 Å². The summed E-state index contributed by atoms with van der Waals surface area (Å²) in [7, 11) is 0. The first-order chi connectivity index (χ1) is 9.76. The van der Waals surface area contributed by atoms with Crippen molar-refractivity contribution in [2.24, 2.45) is 5.73 Å². The zero-order valence-electron chi connectivity index (χ0n) is 11.0. The van der Waals surface area contributed by atoms with E-state index >= 15 is 0 Å². The van der Waals surface area contributed by atoms with Crippen LogP contribution in [0.1, 0.15) is 29.8 Å². The van der Waals surface area contributed by atoms with Crippen molar-refractivity contribution in [1.29, 1.82) is 0 Å². The summed E-state index contributed by atoms with van der Waals surface area (Å²) in [6.45, 7) is -1.61. The average molecular weight is 305 g/mol. The lowest BCUT2D eigenvalue weighted by Gasteiger charge is -2.37. The largest absolute Gasteiger partial charge is 0.406 e. The van der Waals surface area contributed by atoms with Gasteiger partial charge in [0, 0.05) is 6.04 Å². The van der Waals surface area contributed by atoms with E-state index in [-0.39, 0.29) is 12.2 Å².